The first-order valence-corrected chi connectivity index (χ1v) is 5.41. The summed E-state index contributed by atoms with van der Waals surface area (Å²) in [7, 11) is 3.16. The summed E-state index contributed by atoms with van der Waals surface area (Å²) in [5.41, 5.74) is 7.12. The van der Waals surface area contributed by atoms with Gasteiger partial charge in [0, 0.05) is 32.0 Å². The number of fused-ring (bicyclic) bond motifs is 1. The average molecular weight is 232 g/mol. The van der Waals surface area contributed by atoms with Gasteiger partial charge < -0.3 is 15.2 Å². The molecule has 0 amide bonds. The van der Waals surface area contributed by atoms with Crippen LogP contribution in [0.3, 0.4) is 0 Å². The Kier molecular flexibility index (Phi) is 3.68. The molecular formula is C13H16N2O2. The Morgan fingerprint density at radius 1 is 1.18 bits per heavy atom. The average Bonchev–Trinajstić information content (AvgIpc) is 2.39. The van der Waals surface area contributed by atoms with E-state index in [9.17, 15) is 0 Å². The van der Waals surface area contributed by atoms with Crippen LogP contribution < -0.4 is 5.73 Å². The minimum atomic E-state index is -0.458. The lowest BCUT2D eigenvalue weighted by molar-refractivity contribution is -0.117. The van der Waals surface area contributed by atoms with Crippen LogP contribution >= 0.6 is 0 Å². The van der Waals surface area contributed by atoms with Crippen molar-refractivity contribution >= 4 is 10.8 Å². The molecule has 2 aromatic rings. The van der Waals surface area contributed by atoms with E-state index >= 15 is 0 Å². The summed E-state index contributed by atoms with van der Waals surface area (Å²) < 4.78 is 10.4. The fourth-order valence-electron chi connectivity index (χ4n) is 1.96. The molecule has 4 nitrogen and oxygen atoms in total. The summed E-state index contributed by atoms with van der Waals surface area (Å²) in [6, 6.07) is 7.60. The van der Waals surface area contributed by atoms with Crippen molar-refractivity contribution in [2.45, 2.75) is 12.3 Å². The van der Waals surface area contributed by atoms with Crippen LogP contribution in [-0.2, 0) is 9.47 Å². The third kappa shape index (κ3) is 2.29. The van der Waals surface area contributed by atoms with E-state index in [2.05, 4.69) is 4.98 Å². The van der Waals surface area contributed by atoms with E-state index in [1.54, 1.807) is 20.4 Å². The number of hydrogen-bond donors (Lipinski definition) is 1. The molecular weight excluding hydrogens is 216 g/mol. The van der Waals surface area contributed by atoms with Crippen molar-refractivity contribution in [2.24, 2.45) is 5.73 Å². The van der Waals surface area contributed by atoms with Gasteiger partial charge in [0.05, 0.1) is 6.04 Å². The van der Waals surface area contributed by atoms with Crippen LogP contribution in [0.15, 0.2) is 36.7 Å². The zero-order valence-corrected chi connectivity index (χ0v) is 9.96. The van der Waals surface area contributed by atoms with Gasteiger partial charge in [-0.3, -0.25) is 4.98 Å². The second-order valence-corrected chi connectivity index (χ2v) is 3.81. The molecule has 0 aliphatic heterocycles. The van der Waals surface area contributed by atoms with Crippen LogP contribution in [0, 0.1) is 0 Å². The molecule has 1 heterocycles. The molecule has 0 aliphatic rings. The summed E-state index contributed by atoms with van der Waals surface area (Å²) in [5.74, 6) is 0. The summed E-state index contributed by atoms with van der Waals surface area (Å²) in [6.07, 6.45) is 3.12. The first kappa shape index (κ1) is 12.0. The normalized spacial score (nSPS) is 13.2. The maximum atomic E-state index is 6.15. The van der Waals surface area contributed by atoms with Crippen LogP contribution in [0.2, 0.25) is 0 Å². The number of pyridine rings is 1. The minimum Gasteiger partial charge on any atom is -0.354 e. The highest BCUT2D eigenvalue weighted by Crippen LogP contribution is 2.25. The molecule has 1 atom stereocenters. The Labute approximate surface area is 100 Å². The molecule has 0 fully saturated rings. The SMILES string of the molecule is COC(OC)C(N)c1cccc2ccncc12. The van der Waals surface area contributed by atoms with Gasteiger partial charge in [-0.05, 0) is 17.0 Å². The first-order valence-electron chi connectivity index (χ1n) is 5.41. The molecule has 90 valence electrons. The van der Waals surface area contributed by atoms with Gasteiger partial charge in [0.1, 0.15) is 0 Å². The van der Waals surface area contributed by atoms with Crippen LogP contribution in [0.4, 0.5) is 0 Å². The van der Waals surface area contributed by atoms with Crippen LogP contribution in [0.25, 0.3) is 10.8 Å². The Hall–Kier alpha value is -1.49. The van der Waals surface area contributed by atoms with E-state index in [0.29, 0.717) is 0 Å². The maximum absolute atomic E-state index is 6.15. The third-order valence-electron chi connectivity index (χ3n) is 2.83. The van der Waals surface area contributed by atoms with Gasteiger partial charge >= 0.3 is 0 Å². The molecule has 4 heteroatoms. The van der Waals surface area contributed by atoms with E-state index in [4.69, 9.17) is 15.2 Å². The van der Waals surface area contributed by atoms with Crippen molar-refractivity contribution in [2.75, 3.05) is 14.2 Å². The van der Waals surface area contributed by atoms with Crippen molar-refractivity contribution in [3.8, 4) is 0 Å². The lowest BCUT2D eigenvalue weighted by Crippen LogP contribution is -2.29. The van der Waals surface area contributed by atoms with Gasteiger partial charge in [0.25, 0.3) is 0 Å². The number of ether oxygens (including phenoxy) is 2. The standard InChI is InChI=1S/C13H16N2O2/c1-16-13(17-2)12(14)10-5-3-4-9-6-7-15-8-11(9)10/h3-8,12-13H,14H2,1-2H3. The summed E-state index contributed by atoms with van der Waals surface area (Å²) >= 11 is 0. The number of hydrogen-bond acceptors (Lipinski definition) is 4. The highest BCUT2D eigenvalue weighted by atomic mass is 16.7. The van der Waals surface area contributed by atoms with Crippen LogP contribution in [0.1, 0.15) is 11.6 Å². The predicted octanol–water partition coefficient (Wildman–Crippen LogP) is 1.85. The second kappa shape index (κ2) is 5.23. The highest BCUT2D eigenvalue weighted by Gasteiger charge is 2.20. The van der Waals surface area contributed by atoms with E-state index in [1.807, 2.05) is 30.5 Å². The number of rotatable bonds is 4. The largest absolute Gasteiger partial charge is 0.354 e. The quantitative estimate of drug-likeness (QED) is 0.817. The molecule has 0 radical (unpaired) electrons. The molecule has 0 aliphatic carbocycles. The van der Waals surface area contributed by atoms with Gasteiger partial charge in [-0.15, -0.1) is 0 Å². The fourth-order valence-corrected chi connectivity index (χ4v) is 1.96. The Bertz CT molecular complexity index is 492. The second-order valence-electron chi connectivity index (χ2n) is 3.81. The molecule has 2 N–H and O–H groups in total. The van der Waals surface area contributed by atoms with E-state index < -0.39 is 6.29 Å². The van der Waals surface area contributed by atoms with Crippen molar-refractivity contribution in [1.29, 1.82) is 0 Å². The van der Waals surface area contributed by atoms with Crippen molar-refractivity contribution in [1.82, 2.24) is 4.98 Å². The lowest BCUT2D eigenvalue weighted by atomic mass is 10.0. The predicted molar refractivity (Wildman–Crippen MR) is 66.5 cm³/mol. The zero-order chi connectivity index (χ0) is 12.3. The van der Waals surface area contributed by atoms with E-state index in [1.165, 1.54) is 0 Å². The van der Waals surface area contributed by atoms with Gasteiger partial charge in [0.2, 0.25) is 0 Å². The molecule has 0 bridgehead atoms. The molecule has 0 saturated carbocycles. The number of nitrogens with two attached hydrogens (primary N) is 1. The lowest BCUT2D eigenvalue weighted by Gasteiger charge is -2.22. The summed E-state index contributed by atoms with van der Waals surface area (Å²) in [6.45, 7) is 0. The summed E-state index contributed by atoms with van der Waals surface area (Å²) in [4.78, 5) is 4.13. The van der Waals surface area contributed by atoms with E-state index in [-0.39, 0.29) is 6.04 Å². The first-order chi connectivity index (χ1) is 8.27. The van der Waals surface area contributed by atoms with Gasteiger partial charge in [-0.2, -0.15) is 0 Å². The Morgan fingerprint density at radius 3 is 2.65 bits per heavy atom. The monoisotopic (exact) mass is 232 g/mol. The summed E-state index contributed by atoms with van der Waals surface area (Å²) in [5, 5.41) is 2.14. The molecule has 17 heavy (non-hydrogen) atoms. The number of benzene rings is 1. The molecule has 0 spiro atoms. The Balaban J connectivity index is 2.47. The van der Waals surface area contributed by atoms with Crippen LogP contribution in [-0.4, -0.2) is 25.5 Å². The molecule has 2 rings (SSSR count). The van der Waals surface area contributed by atoms with Crippen molar-refractivity contribution < 1.29 is 9.47 Å². The number of nitrogens with zero attached hydrogens (tertiary/aromatic N) is 1. The zero-order valence-electron chi connectivity index (χ0n) is 9.96. The van der Waals surface area contributed by atoms with Gasteiger partial charge in [0.15, 0.2) is 6.29 Å². The maximum Gasteiger partial charge on any atom is 0.176 e. The van der Waals surface area contributed by atoms with Crippen LogP contribution in [0.5, 0.6) is 0 Å². The van der Waals surface area contributed by atoms with Gasteiger partial charge in [-0.1, -0.05) is 18.2 Å². The topological polar surface area (TPSA) is 57.4 Å². The molecule has 1 unspecified atom stereocenters. The molecule has 1 aromatic carbocycles. The highest BCUT2D eigenvalue weighted by molar-refractivity contribution is 5.85. The third-order valence-corrected chi connectivity index (χ3v) is 2.83. The van der Waals surface area contributed by atoms with E-state index in [0.717, 1.165) is 16.3 Å². The number of methoxy groups -OCH3 is 2. The smallest absolute Gasteiger partial charge is 0.176 e. The van der Waals surface area contributed by atoms with Crippen molar-refractivity contribution in [3.05, 3.63) is 42.2 Å². The molecule has 0 saturated heterocycles. The fraction of sp³-hybridized carbons (Fsp3) is 0.308. The van der Waals surface area contributed by atoms with Gasteiger partial charge in [-0.25, -0.2) is 0 Å². The number of aromatic nitrogens is 1. The molecule has 1 aromatic heterocycles. The van der Waals surface area contributed by atoms with Crippen molar-refractivity contribution in [3.63, 3.8) is 0 Å². The Morgan fingerprint density at radius 2 is 1.94 bits per heavy atom. The minimum absolute atomic E-state index is 0.335.